The number of aromatic nitrogens is 3. The second kappa shape index (κ2) is 32.7. The van der Waals surface area contributed by atoms with Gasteiger partial charge in [0.25, 0.3) is 6.47 Å². The fourth-order valence-corrected chi connectivity index (χ4v) is 6.86. The summed E-state index contributed by atoms with van der Waals surface area (Å²) < 4.78 is 17.9. The number of carbonyl (C=O) groups excluding carboxylic acids is 4. The smallest absolute Gasteiger partial charge is 0.407 e. The average molecular weight is 898 g/mol. The van der Waals surface area contributed by atoms with Crippen LogP contribution in [-0.4, -0.2) is 131 Å². The van der Waals surface area contributed by atoms with Crippen LogP contribution in [0.5, 0.6) is 0 Å². The molecule has 4 atom stereocenters. The van der Waals surface area contributed by atoms with E-state index in [0.29, 0.717) is 24.9 Å². The Balaban J connectivity index is 0.000000682. The number of nitrogens with zero attached hydrogens (tertiary/aromatic N) is 3. The molecule has 2 fully saturated rings. The van der Waals surface area contributed by atoms with Crippen LogP contribution in [0.15, 0.2) is 36.7 Å². The summed E-state index contributed by atoms with van der Waals surface area (Å²) >= 11 is 0. The van der Waals surface area contributed by atoms with Gasteiger partial charge in [-0.1, -0.05) is 58.2 Å². The van der Waals surface area contributed by atoms with Gasteiger partial charge in [0.1, 0.15) is 17.9 Å². The number of likely N-dealkylation sites (N-methyl/N-ethyl adjacent to an activating group) is 1. The molecule has 2 aromatic heterocycles. The summed E-state index contributed by atoms with van der Waals surface area (Å²) in [4.78, 5) is 60.0. The van der Waals surface area contributed by atoms with Crippen molar-refractivity contribution in [2.24, 2.45) is 0 Å². The number of alkyl carbamates (subject to hydrolysis) is 1. The molecule has 1 saturated carbocycles. The highest BCUT2D eigenvalue weighted by molar-refractivity contribution is 5.85. The van der Waals surface area contributed by atoms with Gasteiger partial charge in [0.2, 0.25) is 11.8 Å². The number of methoxy groups -OCH3 is 4. The number of benzene rings is 1. The van der Waals surface area contributed by atoms with E-state index in [1.807, 2.05) is 31.9 Å². The van der Waals surface area contributed by atoms with Crippen LogP contribution >= 0.6 is 0 Å². The van der Waals surface area contributed by atoms with Crippen molar-refractivity contribution >= 4 is 24.4 Å². The van der Waals surface area contributed by atoms with Gasteiger partial charge in [-0.3, -0.25) is 24.7 Å². The molecule has 0 spiro atoms. The Morgan fingerprint density at radius 3 is 2.17 bits per heavy atom. The largest absolute Gasteiger partial charge is 0.471 e. The predicted molar refractivity (Wildman–Crippen MR) is 252 cm³/mol. The lowest BCUT2D eigenvalue weighted by molar-refractivity contribution is -0.138. The minimum Gasteiger partial charge on any atom is -0.471 e. The Hall–Kier alpha value is -4.94. The molecule has 17 nitrogen and oxygen atoms in total. The molecule has 6 N–H and O–H groups in total. The third-order valence-corrected chi connectivity index (χ3v) is 10.6. The quantitative estimate of drug-likeness (QED) is 0.0645. The first-order valence-corrected chi connectivity index (χ1v) is 22.4. The first-order valence-electron chi connectivity index (χ1n) is 22.4. The van der Waals surface area contributed by atoms with E-state index in [0.717, 1.165) is 73.5 Å². The fourth-order valence-electron chi connectivity index (χ4n) is 6.86. The Bertz CT molecular complexity index is 1780. The fraction of sp³-hybridized carbons (Fsp3) is 0.617. The number of H-pyrrole nitrogens is 1. The van der Waals surface area contributed by atoms with Gasteiger partial charge in [0.05, 0.1) is 44.5 Å². The number of rotatable bonds is 18. The van der Waals surface area contributed by atoms with Crippen LogP contribution in [0.1, 0.15) is 108 Å². The maximum absolute atomic E-state index is 13.1. The molecule has 1 aromatic carbocycles. The Morgan fingerprint density at radius 2 is 1.66 bits per heavy atom. The lowest BCUT2D eigenvalue weighted by Gasteiger charge is -2.38. The van der Waals surface area contributed by atoms with E-state index in [1.54, 1.807) is 41.5 Å². The van der Waals surface area contributed by atoms with Crippen molar-refractivity contribution in [3.05, 3.63) is 59.2 Å². The average Bonchev–Trinajstić information content (AvgIpc) is 4.00. The van der Waals surface area contributed by atoms with E-state index in [2.05, 4.69) is 95.8 Å². The summed E-state index contributed by atoms with van der Waals surface area (Å²) in [6.07, 6.45) is 10.6. The summed E-state index contributed by atoms with van der Waals surface area (Å²) in [5.74, 6) is 0.568. The van der Waals surface area contributed by atoms with Crippen molar-refractivity contribution in [2.45, 2.75) is 130 Å². The van der Waals surface area contributed by atoms with Crippen LogP contribution in [0.2, 0.25) is 0 Å². The molecule has 0 radical (unpaired) electrons. The van der Waals surface area contributed by atoms with Gasteiger partial charge >= 0.3 is 6.09 Å². The number of imidazole rings is 1. The molecule has 17 heteroatoms. The SMILES string of the molecule is CC.CCCCCCNC(=O)C(NC)[C@@H](C)OC.COC.COC(=O)N[C@@H](C)C(=O)N(Cc1ncc(-c2cnc(-c3ccc(C4CNCN4)cc3C)c(C)c2)[nH]1)C1CCC1.COC=O. The Kier molecular flexibility index (Phi) is 29.1. The first kappa shape index (κ1) is 57.1. The van der Waals surface area contributed by atoms with Gasteiger partial charge in [-0.25, -0.2) is 9.78 Å². The van der Waals surface area contributed by atoms with E-state index in [1.165, 1.54) is 44.6 Å². The highest BCUT2D eigenvalue weighted by Gasteiger charge is 2.33. The van der Waals surface area contributed by atoms with Crippen molar-refractivity contribution < 1.29 is 38.1 Å². The van der Waals surface area contributed by atoms with Gasteiger partial charge in [-0.05, 0) is 83.2 Å². The highest BCUT2D eigenvalue weighted by Crippen LogP contribution is 2.31. The molecule has 3 amide bonds. The normalized spacial score (nSPS) is 15.2. The molecule has 360 valence electrons. The molecule has 5 rings (SSSR count). The molecule has 2 unspecified atom stereocenters. The van der Waals surface area contributed by atoms with E-state index < -0.39 is 12.1 Å². The number of carbonyl (C=O) groups is 4. The minimum atomic E-state index is -0.685. The second-order valence-electron chi connectivity index (χ2n) is 15.3. The van der Waals surface area contributed by atoms with E-state index in [9.17, 15) is 14.4 Å². The molecule has 1 saturated heterocycles. The number of hydrogen-bond acceptors (Lipinski definition) is 13. The third kappa shape index (κ3) is 19.0. The molecule has 2 aliphatic rings. The summed E-state index contributed by atoms with van der Waals surface area (Å²) in [5, 5.41) is 15.3. The van der Waals surface area contributed by atoms with Gasteiger partial charge in [-0.2, -0.15) is 0 Å². The van der Waals surface area contributed by atoms with Crippen LogP contribution in [0, 0.1) is 13.8 Å². The van der Waals surface area contributed by atoms with Gasteiger partial charge < -0.3 is 50.1 Å². The van der Waals surface area contributed by atoms with Crippen LogP contribution in [0.3, 0.4) is 0 Å². The molecular formula is C47H79N9O8. The third-order valence-electron chi connectivity index (χ3n) is 10.6. The standard InChI is InChI=1S/C29H37N7O3.C12H26N2O2.C2H4O2.C2H6O.C2H6/c1-17-10-20(24-13-30-16-33-24)8-9-23(17)27-18(2)11-21(12-32-27)25-14-31-26(35-25)15-36(22-6-5-7-22)28(37)19(3)34-29(38)39-4;1-5-6-7-8-9-14-12(15)11(13-3)10(2)16-4;1-4-2-3;1-3-2;1-2/h8-12,14,19,22,24,30,33H,5-7,13,15-16H2,1-4H3,(H,31,35)(H,34,38);10-11,13H,5-9H2,1-4H3,(H,14,15);2H,1H3;1-2H3;1-2H3/t19-,24?;10-,11?;;;/m01.../s1. The number of unbranched alkanes of at least 4 members (excludes halogenated alkanes) is 3. The van der Waals surface area contributed by atoms with Crippen molar-refractivity contribution in [3.63, 3.8) is 0 Å². The number of aromatic amines is 1. The molecule has 1 aliphatic heterocycles. The maximum atomic E-state index is 13.1. The van der Waals surface area contributed by atoms with Gasteiger partial charge in [0, 0.05) is 70.5 Å². The number of hydrogen-bond donors (Lipinski definition) is 6. The minimum absolute atomic E-state index is 0.0216. The first-order chi connectivity index (χ1) is 30.8. The van der Waals surface area contributed by atoms with Gasteiger partial charge in [0.15, 0.2) is 0 Å². The predicted octanol–water partition coefficient (Wildman–Crippen LogP) is 5.96. The molecule has 3 aromatic rings. The molecule has 1 aliphatic carbocycles. The summed E-state index contributed by atoms with van der Waals surface area (Å²) in [7, 11) is 9.24. The monoisotopic (exact) mass is 898 g/mol. The lowest BCUT2D eigenvalue weighted by atomic mass is 9.91. The van der Waals surface area contributed by atoms with Crippen molar-refractivity contribution in [1.82, 2.24) is 46.4 Å². The number of aryl methyl sites for hydroxylation is 2. The zero-order chi connectivity index (χ0) is 48.0. The van der Waals surface area contributed by atoms with Crippen LogP contribution in [0.25, 0.3) is 22.5 Å². The van der Waals surface area contributed by atoms with E-state index >= 15 is 0 Å². The summed E-state index contributed by atoms with van der Waals surface area (Å²) in [5.41, 5.74) is 7.44. The Labute approximate surface area is 382 Å². The maximum Gasteiger partial charge on any atom is 0.407 e. The second-order valence-corrected chi connectivity index (χ2v) is 15.3. The lowest BCUT2D eigenvalue weighted by Crippen LogP contribution is -2.52. The zero-order valence-corrected chi connectivity index (χ0v) is 40.8. The number of amides is 3. The molecule has 3 heterocycles. The number of pyridine rings is 1. The molecule has 0 bridgehead atoms. The van der Waals surface area contributed by atoms with Crippen LogP contribution < -0.4 is 26.6 Å². The molecular weight excluding hydrogens is 819 g/mol. The van der Waals surface area contributed by atoms with Gasteiger partial charge in [-0.15, -0.1) is 0 Å². The van der Waals surface area contributed by atoms with E-state index in [-0.39, 0.29) is 30.0 Å². The zero-order valence-electron chi connectivity index (χ0n) is 40.8. The summed E-state index contributed by atoms with van der Waals surface area (Å²) in [6.45, 7) is 17.2. The van der Waals surface area contributed by atoms with Crippen molar-refractivity contribution in [2.75, 3.05) is 62.4 Å². The Morgan fingerprint density at radius 1 is 0.969 bits per heavy atom. The number of ether oxygens (including phenoxy) is 4. The van der Waals surface area contributed by atoms with Crippen LogP contribution in [-0.2, 0) is 39.9 Å². The van der Waals surface area contributed by atoms with Crippen molar-refractivity contribution in [3.8, 4) is 22.5 Å². The van der Waals surface area contributed by atoms with E-state index in [4.69, 9.17) is 14.5 Å². The highest BCUT2D eigenvalue weighted by atomic mass is 16.5. The van der Waals surface area contributed by atoms with Crippen molar-refractivity contribution in [1.29, 1.82) is 0 Å². The van der Waals surface area contributed by atoms with Crippen LogP contribution in [0.4, 0.5) is 4.79 Å². The number of nitrogens with one attached hydrogen (secondary N) is 6. The molecule has 64 heavy (non-hydrogen) atoms. The summed E-state index contributed by atoms with van der Waals surface area (Å²) in [6, 6.07) is 8.24. The topological polar surface area (TPSA) is 210 Å².